The van der Waals surface area contributed by atoms with Gasteiger partial charge in [-0.05, 0) is 19.0 Å². The van der Waals surface area contributed by atoms with Crippen LogP contribution < -0.4 is 5.32 Å². The van der Waals surface area contributed by atoms with E-state index in [4.69, 9.17) is 6.42 Å². The van der Waals surface area contributed by atoms with Gasteiger partial charge in [0.25, 0.3) is 5.91 Å². The minimum Gasteiger partial charge on any atom is -0.335 e. The van der Waals surface area contributed by atoms with Crippen LogP contribution in [0.25, 0.3) is 0 Å². The maximum absolute atomic E-state index is 11.3. The van der Waals surface area contributed by atoms with Crippen LogP contribution in [0.3, 0.4) is 0 Å². The maximum atomic E-state index is 11.3. The third-order valence-corrected chi connectivity index (χ3v) is 1.38. The van der Waals surface area contributed by atoms with Crippen molar-refractivity contribution in [2.24, 2.45) is 0 Å². The van der Waals surface area contributed by atoms with Gasteiger partial charge >= 0.3 is 0 Å². The van der Waals surface area contributed by atoms with Crippen LogP contribution in [0.15, 0.2) is 10.8 Å². The number of amides is 1. The predicted molar refractivity (Wildman–Crippen MR) is 44.7 cm³/mol. The molecule has 68 valence electrons. The Morgan fingerprint density at radius 1 is 1.77 bits per heavy atom. The molecule has 0 aliphatic rings. The largest absolute Gasteiger partial charge is 0.335 e. The van der Waals surface area contributed by atoms with Crippen LogP contribution in [0.1, 0.15) is 24.3 Å². The van der Waals surface area contributed by atoms with Crippen molar-refractivity contribution < 1.29 is 9.42 Å². The molecule has 1 aromatic rings. The average Bonchev–Trinajstić information content (AvgIpc) is 2.55. The van der Waals surface area contributed by atoms with Gasteiger partial charge in [-0.3, -0.25) is 4.79 Å². The number of rotatable bonds is 2. The molecule has 0 aliphatic carbocycles. The Balaban J connectivity index is 2.68. The molecule has 1 aromatic heterocycles. The van der Waals surface area contributed by atoms with Gasteiger partial charge in [0.05, 0.1) is 5.54 Å². The number of carbonyl (C=O) groups is 1. The lowest BCUT2D eigenvalue weighted by atomic mass is 10.1. The molecule has 0 radical (unpaired) electrons. The Bertz CT molecular complexity index is 335. The summed E-state index contributed by atoms with van der Waals surface area (Å²) in [4.78, 5) is 11.3. The van der Waals surface area contributed by atoms with Gasteiger partial charge in [0.2, 0.25) is 0 Å². The second-order valence-electron chi connectivity index (χ2n) is 3.02. The summed E-state index contributed by atoms with van der Waals surface area (Å²) in [6, 6.07) is 0. The molecule has 0 bridgehead atoms. The van der Waals surface area contributed by atoms with E-state index in [-0.39, 0.29) is 5.69 Å². The van der Waals surface area contributed by atoms with E-state index in [1.807, 2.05) is 0 Å². The van der Waals surface area contributed by atoms with Gasteiger partial charge in [-0.1, -0.05) is 11.1 Å². The summed E-state index contributed by atoms with van der Waals surface area (Å²) in [7, 11) is 0. The summed E-state index contributed by atoms with van der Waals surface area (Å²) in [5, 5.41) is 9.24. The van der Waals surface area contributed by atoms with Gasteiger partial charge in [-0.15, -0.1) is 6.42 Å². The molecule has 0 saturated carbocycles. The van der Waals surface area contributed by atoms with E-state index in [0.717, 1.165) is 0 Å². The first kappa shape index (κ1) is 9.26. The molecule has 1 amide bonds. The highest BCUT2D eigenvalue weighted by molar-refractivity contribution is 5.92. The molecular weight excluding hydrogens is 170 g/mol. The topological polar surface area (TPSA) is 68.0 Å². The Hall–Kier alpha value is -1.83. The van der Waals surface area contributed by atoms with Gasteiger partial charge in [0.1, 0.15) is 6.20 Å². The van der Waals surface area contributed by atoms with Crippen LogP contribution >= 0.6 is 0 Å². The maximum Gasteiger partial charge on any atom is 0.276 e. The average molecular weight is 179 g/mol. The molecule has 1 N–H and O–H groups in total. The van der Waals surface area contributed by atoms with Crippen molar-refractivity contribution in [2.45, 2.75) is 19.4 Å². The van der Waals surface area contributed by atoms with Gasteiger partial charge in [0, 0.05) is 0 Å². The van der Waals surface area contributed by atoms with Crippen molar-refractivity contribution in [3.8, 4) is 12.3 Å². The fourth-order valence-corrected chi connectivity index (χ4v) is 0.649. The summed E-state index contributed by atoms with van der Waals surface area (Å²) in [6.45, 7) is 3.41. The number of hydrogen-bond acceptors (Lipinski definition) is 4. The first-order valence-electron chi connectivity index (χ1n) is 3.63. The smallest absolute Gasteiger partial charge is 0.276 e. The van der Waals surface area contributed by atoms with E-state index in [2.05, 4.69) is 26.2 Å². The van der Waals surface area contributed by atoms with Crippen LogP contribution in [0.2, 0.25) is 0 Å². The highest BCUT2D eigenvalue weighted by atomic mass is 16.6. The Labute approximate surface area is 75.5 Å². The van der Waals surface area contributed by atoms with E-state index in [1.165, 1.54) is 6.20 Å². The molecule has 0 spiro atoms. The second-order valence-corrected chi connectivity index (χ2v) is 3.02. The molecule has 0 aromatic carbocycles. The zero-order valence-electron chi connectivity index (χ0n) is 7.37. The zero-order chi connectivity index (χ0) is 9.90. The number of hydrogen-bond donors (Lipinski definition) is 1. The van der Waals surface area contributed by atoms with E-state index >= 15 is 0 Å². The summed E-state index contributed by atoms with van der Waals surface area (Å²) < 4.78 is 4.27. The molecule has 0 aliphatic heterocycles. The number of carbonyl (C=O) groups excluding carboxylic acids is 1. The minimum absolute atomic E-state index is 0.114. The molecule has 0 atom stereocenters. The van der Waals surface area contributed by atoms with Crippen LogP contribution in [0, 0.1) is 12.3 Å². The monoisotopic (exact) mass is 179 g/mol. The normalized spacial score (nSPS) is 10.5. The standard InChI is InChI=1S/C8H9N3O2/c1-4-8(2,3)10-7(12)6-5-9-13-11-6/h1,5H,2-3H3,(H,10,12). The van der Waals surface area contributed by atoms with Crippen molar-refractivity contribution in [3.05, 3.63) is 11.9 Å². The van der Waals surface area contributed by atoms with Crippen LogP contribution in [0.5, 0.6) is 0 Å². The van der Waals surface area contributed by atoms with E-state index in [9.17, 15) is 4.79 Å². The highest BCUT2D eigenvalue weighted by Crippen LogP contribution is 2.01. The quantitative estimate of drug-likeness (QED) is 0.659. The van der Waals surface area contributed by atoms with Crippen molar-refractivity contribution in [1.29, 1.82) is 0 Å². The number of terminal acetylenes is 1. The van der Waals surface area contributed by atoms with Crippen LogP contribution in [-0.4, -0.2) is 21.8 Å². The van der Waals surface area contributed by atoms with Gasteiger partial charge in [-0.2, -0.15) is 0 Å². The summed E-state index contributed by atoms with van der Waals surface area (Å²) in [6.07, 6.45) is 6.41. The molecule has 0 fully saturated rings. The molecule has 13 heavy (non-hydrogen) atoms. The lowest BCUT2D eigenvalue weighted by Crippen LogP contribution is -2.42. The second kappa shape index (κ2) is 3.27. The zero-order valence-corrected chi connectivity index (χ0v) is 7.37. The highest BCUT2D eigenvalue weighted by Gasteiger charge is 2.19. The lowest BCUT2D eigenvalue weighted by Gasteiger charge is -2.17. The Morgan fingerprint density at radius 2 is 2.46 bits per heavy atom. The Morgan fingerprint density at radius 3 is 2.92 bits per heavy atom. The Kier molecular flexibility index (Phi) is 2.33. The fourth-order valence-electron chi connectivity index (χ4n) is 0.649. The number of nitrogens with one attached hydrogen (secondary N) is 1. The molecular formula is C8H9N3O2. The van der Waals surface area contributed by atoms with Crippen LogP contribution in [-0.2, 0) is 0 Å². The summed E-state index contributed by atoms with van der Waals surface area (Å²) in [5.41, 5.74) is -0.584. The van der Waals surface area contributed by atoms with Gasteiger partial charge < -0.3 is 5.32 Å². The third kappa shape index (κ3) is 2.30. The molecule has 0 saturated heterocycles. The summed E-state index contributed by atoms with van der Waals surface area (Å²) in [5.74, 6) is 2.02. The molecule has 0 unspecified atom stereocenters. The van der Waals surface area contributed by atoms with Crippen molar-refractivity contribution in [2.75, 3.05) is 0 Å². The first-order chi connectivity index (χ1) is 6.05. The fraction of sp³-hybridized carbons (Fsp3) is 0.375. The van der Waals surface area contributed by atoms with Crippen molar-refractivity contribution in [1.82, 2.24) is 15.6 Å². The summed E-state index contributed by atoms with van der Waals surface area (Å²) >= 11 is 0. The minimum atomic E-state index is -0.698. The third-order valence-electron chi connectivity index (χ3n) is 1.38. The molecule has 5 nitrogen and oxygen atoms in total. The van der Waals surface area contributed by atoms with E-state index in [0.29, 0.717) is 0 Å². The van der Waals surface area contributed by atoms with Crippen molar-refractivity contribution >= 4 is 5.91 Å². The number of aromatic nitrogens is 2. The molecule has 1 heterocycles. The SMILES string of the molecule is C#CC(C)(C)NC(=O)c1cnon1. The molecule has 5 heteroatoms. The van der Waals surface area contributed by atoms with Gasteiger partial charge in [-0.25, -0.2) is 4.63 Å². The lowest BCUT2D eigenvalue weighted by molar-refractivity contribution is 0.0920. The van der Waals surface area contributed by atoms with Crippen molar-refractivity contribution in [3.63, 3.8) is 0 Å². The van der Waals surface area contributed by atoms with Gasteiger partial charge in [0.15, 0.2) is 5.69 Å². The van der Waals surface area contributed by atoms with Crippen LogP contribution in [0.4, 0.5) is 0 Å². The van der Waals surface area contributed by atoms with E-state index in [1.54, 1.807) is 13.8 Å². The first-order valence-corrected chi connectivity index (χ1v) is 3.63. The van der Waals surface area contributed by atoms with E-state index < -0.39 is 11.4 Å². The molecule has 1 rings (SSSR count). The predicted octanol–water partition coefficient (Wildman–Crippen LogP) is 0.211. The number of nitrogens with zero attached hydrogens (tertiary/aromatic N) is 2.